The quantitative estimate of drug-likeness (QED) is 0.448. The van der Waals surface area contributed by atoms with Gasteiger partial charge in [0.2, 0.25) is 0 Å². The lowest BCUT2D eigenvalue weighted by Gasteiger charge is -2.47. The molecule has 2 aliphatic rings. The van der Waals surface area contributed by atoms with Crippen molar-refractivity contribution in [1.82, 2.24) is 0 Å². The van der Waals surface area contributed by atoms with Crippen LogP contribution < -0.4 is 0 Å². The van der Waals surface area contributed by atoms with Gasteiger partial charge in [-0.2, -0.15) is 0 Å². The Morgan fingerprint density at radius 1 is 0.885 bits per heavy atom. The van der Waals surface area contributed by atoms with Crippen LogP contribution >= 0.6 is 0 Å². The first-order chi connectivity index (χ1) is 11.9. The molecule has 2 saturated heterocycles. The molecule has 2 atom stereocenters. The first-order valence-corrected chi connectivity index (χ1v) is 22.8. The van der Waals surface area contributed by atoms with Gasteiger partial charge in [0.25, 0.3) is 0 Å². The van der Waals surface area contributed by atoms with Crippen molar-refractivity contribution in [2.24, 2.45) is 0 Å². The molecule has 2 fully saturated rings. The molecule has 0 aromatic carbocycles. The van der Waals surface area contributed by atoms with Gasteiger partial charge in [-0.25, -0.2) is 0 Å². The first-order valence-electron chi connectivity index (χ1n) is 9.90. The Labute approximate surface area is 166 Å². The molecule has 10 heteroatoms. The summed E-state index contributed by atoms with van der Waals surface area (Å²) in [5.74, 6) is 0. The summed E-state index contributed by atoms with van der Waals surface area (Å²) in [5.41, 5.74) is 0.500. The van der Waals surface area contributed by atoms with Gasteiger partial charge in [0.05, 0.1) is 0 Å². The molecule has 0 radical (unpaired) electrons. The van der Waals surface area contributed by atoms with Crippen LogP contribution in [0.1, 0.15) is 19.3 Å². The Hall–Kier alpha value is 0.624. The Balaban J connectivity index is 2.10. The molecule has 5 nitrogen and oxygen atoms in total. The molecule has 2 rings (SSSR count). The van der Waals surface area contributed by atoms with Crippen molar-refractivity contribution in [1.29, 1.82) is 0 Å². The number of hydrogen-bond donors (Lipinski definition) is 0. The van der Waals surface area contributed by atoms with Crippen molar-refractivity contribution in [3.05, 3.63) is 12.7 Å². The summed E-state index contributed by atoms with van der Waals surface area (Å²) in [6.45, 7) is 20.0. The van der Waals surface area contributed by atoms with Crippen LogP contribution in [0, 0.1) is 0 Å². The molecule has 0 saturated carbocycles. The zero-order valence-electron chi connectivity index (χ0n) is 17.7. The fourth-order valence-electron chi connectivity index (χ4n) is 4.40. The number of rotatable bonds is 5. The molecule has 0 aromatic rings. The molecular formula is C16H38O5Si5. The van der Waals surface area contributed by atoms with E-state index in [9.17, 15) is 0 Å². The van der Waals surface area contributed by atoms with Crippen LogP contribution in [0.5, 0.6) is 0 Å². The van der Waals surface area contributed by atoms with Gasteiger partial charge < -0.3 is 20.9 Å². The maximum absolute atomic E-state index is 6.68. The third kappa shape index (κ3) is 6.90. The molecule has 2 unspecified atom stereocenters. The van der Waals surface area contributed by atoms with Crippen LogP contribution in [0.4, 0.5) is 0 Å². The van der Waals surface area contributed by atoms with E-state index < -0.39 is 43.3 Å². The lowest BCUT2D eigenvalue weighted by Crippen LogP contribution is -2.65. The topological polar surface area (TPSA) is 46.2 Å². The van der Waals surface area contributed by atoms with Gasteiger partial charge in [0.1, 0.15) is 0 Å². The Bertz CT molecular complexity index is 471. The summed E-state index contributed by atoms with van der Waals surface area (Å²) >= 11 is 0. The van der Waals surface area contributed by atoms with E-state index in [1.54, 1.807) is 0 Å². The normalized spacial score (nSPS) is 31.4. The van der Waals surface area contributed by atoms with Crippen molar-refractivity contribution in [2.45, 2.75) is 82.7 Å². The largest absolute Gasteiger partial charge is 0.419 e. The van der Waals surface area contributed by atoms with E-state index in [0.29, 0.717) is 5.54 Å². The molecular weight excluding hydrogens is 413 g/mol. The second-order valence-electron chi connectivity index (χ2n) is 9.08. The van der Waals surface area contributed by atoms with E-state index in [4.69, 9.17) is 20.9 Å². The summed E-state index contributed by atoms with van der Waals surface area (Å²) in [5, 5.41) is 0. The molecule has 0 spiro atoms. The van der Waals surface area contributed by atoms with Gasteiger partial charge in [0, 0.05) is 6.61 Å². The molecule has 2 heterocycles. The maximum Gasteiger partial charge on any atom is 0.317 e. The standard InChI is InChI=1S/C16H38O5Si5/c1-9-16(22-14-11-10-13-17-22)12-15-26(8)20-24(4,5)18-23(2,3)19-25(6,7)21-26/h9,16,22H,1,10-15H2,2-8H3. The fraction of sp³-hybridized carbons (Fsp3) is 0.875. The SMILES string of the molecule is C=CC(CC[Si]1(C)O[Si](C)(C)O[Si](C)(C)O[Si](C)(C)O1)[SiH]1CCCCO1. The highest BCUT2D eigenvalue weighted by Gasteiger charge is 2.52. The van der Waals surface area contributed by atoms with E-state index in [2.05, 4.69) is 58.5 Å². The van der Waals surface area contributed by atoms with E-state index in [1.165, 1.54) is 18.9 Å². The average Bonchev–Trinajstić information content (AvgIpc) is 2.43. The van der Waals surface area contributed by atoms with Gasteiger partial charge in [0.15, 0.2) is 9.04 Å². The van der Waals surface area contributed by atoms with Gasteiger partial charge in [-0.1, -0.05) is 12.5 Å². The minimum atomic E-state index is -2.38. The molecule has 152 valence electrons. The van der Waals surface area contributed by atoms with Crippen LogP contribution in [0.2, 0.25) is 63.5 Å². The smallest absolute Gasteiger partial charge is 0.317 e. The highest BCUT2D eigenvalue weighted by Crippen LogP contribution is 2.36. The second kappa shape index (κ2) is 8.55. The monoisotopic (exact) mass is 450 g/mol. The van der Waals surface area contributed by atoms with E-state index >= 15 is 0 Å². The summed E-state index contributed by atoms with van der Waals surface area (Å²) in [6, 6.07) is 2.22. The number of allylic oxidation sites excluding steroid dienone is 1. The summed E-state index contributed by atoms with van der Waals surface area (Å²) in [4.78, 5) is 0. The van der Waals surface area contributed by atoms with E-state index in [1.807, 2.05) is 0 Å². The van der Waals surface area contributed by atoms with Crippen molar-refractivity contribution in [2.75, 3.05) is 6.61 Å². The molecule has 0 aromatic heterocycles. The van der Waals surface area contributed by atoms with Crippen molar-refractivity contribution in [3.8, 4) is 0 Å². The summed E-state index contributed by atoms with van der Waals surface area (Å²) in [6.07, 6.45) is 5.69. The molecule has 26 heavy (non-hydrogen) atoms. The van der Waals surface area contributed by atoms with Crippen molar-refractivity contribution >= 4 is 43.3 Å². The molecule has 0 aliphatic carbocycles. The number of hydrogen-bond acceptors (Lipinski definition) is 5. The van der Waals surface area contributed by atoms with Crippen LogP contribution in [-0.2, 0) is 20.9 Å². The lowest BCUT2D eigenvalue weighted by molar-refractivity contribution is 0.233. The molecule has 0 N–H and O–H groups in total. The van der Waals surface area contributed by atoms with Crippen molar-refractivity contribution in [3.63, 3.8) is 0 Å². The average molecular weight is 451 g/mol. The minimum absolute atomic E-state index is 0.500. The fourth-order valence-corrected chi connectivity index (χ4v) is 29.2. The van der Waals surface area contributed by atoms with Crippen LogP contribution in [-0.4, -0.2) is 49.9 Å². The third-order valence-corrected chi connectivity index (χ3v) is 24.5. The first kappa shape index (κ1) is 22.9. The van der Waals surface area contributed by atoms with Crippen LogP contribution in [0.25, 0.3) is 0 Å². The highest BCUT2D eigenvalue weighted by atomic mass is 28.5. The molecule has 0 amide bonds. The third-order valence-electron chi connectivity index (χ3n) is 4.83. The van der Waals surface area contributed by atoms with Crippen LogP contribution in [0.15, 0.2) is 12.7 Å². The van der Waals surface area contributed by atoms with Crippen LogP contribution in [0.3, 0.4) is 0 Å². The molecule has 0 bridgehead atoms. The van der Waals surface area contributed by atoms with Crippen molar-refractivity contribution < 1.29 is 20.9 Å². The Morgan fingerprint density at radius 2 is 1.42 bits per heavy atom. The zero-order chi connectivity index (χ0) is 19.6. The van der Waals surface area contributed by atoms with Gasteiger partial charge in [-0.3, -0.25) is 0 Å². The highest BCUT2D eigenvalue weighted by molar-refractivity contribution is 6.93. The minimum Gasteiger partial charge on any atom is -0.419 e. The van der Waals surface area contributed by atoms with Gasteiger partial charge >= 0.3 is 34.2 Å². The maximum atomic E-state index is 6.68. The summed E-state index contributed by atoms with van der Waals surface area (Å²) < 4.78 is 32.4. The Morgan fingerprint density at radius 3 is 1.88 bits per heavy atom. The second-order valence-corrected chi connectivity index (χ2v) is 26.4. The Kier molecular flexibility index (Phi) is 7.54. The lowest BCUT2D eigenvalue weighted by atomic mass is 10.3. The zero-order valence-corrected chi connectivity index (χ0v) is 22.9. The predicted molar refractivity (Wildman–Crippen MR) is 119 cm³/mol. The van der Waals surface area contributed by atoms with E-state index in [-0.39, 0.29) is 0 Å². The summed E-state index contributed by atoms with van der Waals surface area (Å²) in [7, 11) is -10.3. The van der Waals surface area contributed by atoms with Gasteiger partial charge in [-0.05, 0) is 76.3 Å². The van der Waals surface area contributed by atoms with E-state index in [0.717, 1.165) is 19.1 Å². The molecule has 2 aliphatic heterocycles. The predicted octanol–water partition coefficient (Wildman–Crippen LogP) is 4.72. The van der Waals surface area contributed by atoms with Gasteiger partial charge in [-0.15, -0.1) is 6.58 Å².